The number of nitrogens with zero attached hydrogens (tertiary/aromatic N) is 3. The third kappa shape index (κ3) is 5.74. The van der Waals surface area contributed by atoms with Crippen molar-refractivity contribution in [1.29, 1.82) is 0 Å². The van der Waals surface area contributed by atoms with Gasteiger partial charge in [0.2, 0.25) is 5.91 Å². The first kappa shape index (κ1) is 20.2. The summed E-state index contributed by atoms with van der Waals surface area (Å²) >= 11 is 1.67. The van der Waals surface area contributed by atoms with Crippen LogP contribution in [0, 0.1) is 23.0 Å². The first-order valence-electron chi connectivity index (χ1n) is 9.40. The smallest absolute Gasteiger partial charge is 0.269 e. The van der Waals surface area contributed by atoms with E-state index in [9.17, 15) is 14.9 Å². The van der Waals surface area contributed by atoms with Crippen LogP contribution >= 0.6 is 11.3 Å². The maximum absolute atomic E-state index is 12.4. The summed E-state index contributed by atoms with van der Waals surface area (Å²) in [6, 6.07) is 6.25. The van der Waals surface area contributed by atoms with Crippen LogP contribution in [0.5, 0.6) is 0 Å². The summed E-state index contributed by atoms with van der Waals surface area (Å²) in [4.78, 5) is 29.4. The first-order valence-corrected chi connectivity index (χ1v) is 10.3. The fraction of sp³-hybridized carbons (Fsp3) is 0.474. The van der Waals surface area contributed by atoms with Gasteiger partial charge in [-0.25, -0.2) is 4.98 Å². The molecular formula is C19H25N5O3S. The second-order valence-electron chi connectivity index (χ2n) is 6.93. The van der Waals surface area contributed by atoms with Crippen molar-refractivity contribution in [2.45, 2.75) is 26.3 Å². The standard InChI is InChI=1S/C19H25N5O3S/c1-14-22-17(13-28-14)12-23-10-6-15(7-11-23)19(25)21-9-8-20-16-2-4-18(5-3-16)24(26)27/h2-5,13,15,20H,6-12H2,1H3,(H,21,25). The third-order valence-electron chi connectivity index (χ3n) is 4.84. The fourth-order valence-corrected chi connectivity index (χ4v) is 3.90. The van der Waals surface area contributed by atoms with Gasteiger partial charge in [0.25, 0.3) is 5.69 Å². The Morgan fingerprint density at radius 1 is 1.29 bits per heavy atom. The van der Waals surface area contributed by atoms with E-state index in [1.54, 1.807) is 23.5 Å². The number of amides is 1. The molecule has 1 fully saturated rings. The van der Waals surface area contributed by atoms with E-state index >= 15 is 0 Å². The molecule has 0 bridgehead atoms. The van der Waals surface area contributed by atoms with Crippen molar-refractivity contribution < 1.29 is 9.72 Å². The van der Waals surface area contributed by atoms with E-state index in [1.807, 2.05) is 6.92 Å². The molecule has 1 aromatic carbocycles. The van der Waals surface area contributed by atoms with Gasteiger partial charge in [-0.2, -0.15) is 0 Å². The van der Waals surface area contributed by atoms with E-state index in [4.69, 9.17) is 0 Å². The van der Waals surface area contributed by atoms with Crippen LogP contribution in [0.4, 0.5) is 11.4 Å². The topological polar surface area (TPSA) is 100 Å². The number of nitrogens with one attached hydrogen (secondary N) is 2. The van der Waals surface area contributed by atoms with Crippen LogP contribution < -0.4 is 10.6 Å². The first-order chi connectivity index (χ1) is 13.5. The maximum atomic E-state index is 12.4. The Hall–Kier alpha value is -2.52. The van der Waals surface area contributed by atoms with Crippen LogP contribution in [0.2, 0.25) is 0 Å². The number of benzene rings is 1. The van der Waals surface area contributed by atoms with Gasteiger partial charge in [-0.3, -0.25) is 19.8 Å². The van der Waals surface area contributed by atoms with Crippen molar-refractivity contribution in [2.75, 3.05) is 31.5 Å². The molecule has 0 radical (unpaired) electrons. The van der Waals surface area contributed by atoms with Gasteiger partial charge in [0.05, 0.1) is 15.6 Å². The van der Waals surface area contributed by atoms with Crippen molar-refractivity contribution >= 4 is 28.6 Å². The number of likely N-dealkylation sites (tertiary alicyclic amines) is 1. The number of thiazole rings is 1. The number of nitro benzene ring substituents is 1. The van der Waals surface area contributed by atoms with Gasteiger partial charge in [0.15, 0.2) is 0 Å². The molecule has 0 spiro atoms. The Morgan fingerprint density at radius 2 is 2.00 bits per heavy atom. The predicted molar refractivity (Wildman–Crippen MR) is 109 cm³/mol. The second-order valence-corrected chi connectivity index (χ2v) is 7.99. The number of aromatic nitrogens is 1. The van der Waals surface area contributed by atoms with Crippen LogP contribution in [0.1, 0.15) is 23.5 Å². The molecule has 2 N–H and O–H groups in total. The van der Waals surface area contributed by atoms with Crippen molar-refractivity contribution in [1.82, 2.24) is 15.2 Å². The lowest BCUT2D eigenvalue weighted by molar-refractivity contribution is -0.384. The molecule has 2 aromatic rings. The molecule has 8 nitrogen and oxygen atoms in total. The van der Waals surface area contributed by atoms with Gasteiger partial charge in [-0.1, -0.05) is 0 Å². The molecule has 0 atom stereocenters. The quantitative estimate of drug-likeness (QED) is 0.399. The Kier molecular flexibility index (Phi) is 6.94. The van der Waals surface area contributed by atoms with Crippen molar-refractivity contribution in [2.24, 2.45) is 5.92 Å². The number of hydrogen-bond donors (Lipinski definition) is 2. The minimum atomic E-state index is -0.423. The predicted octanol–water partition coefficient (Wildman–Crippen LogP) is 2.80. The maximum Gasteiger partial charge on any atom is 0.269 e. The summed E-state index contributed by atoms with van der Waals surface area (Å²) in [5, 5.41) is 20.0. The molecule has 150 valence electrons. The molecule has 1 aliphatic rings. The summed E-state index contributed by atoms with van der Waals surface area (Å²) in [6.45, 7) is 5.80. The highest BCUT2D eigenvalue weighted by Crippen LogP contribution is 2.20. The Bertz CT molecular complexity index is 800. The monoisotopic (exact) mass is 403 g/mol. The molecule has 1 amide bonds. The molecular weight excluding hydrogens is 378 g/mol. The van der Waals surface area contributed by atoms with Gasteiger partial charge in [0.1, 0.15) is 0 Å². The molecule has 1 aromatic heterocycles. The molecule has 3 rings (SSSR count). The zero-order valence-electron chi connectivity index (χ0n) is 15.9. The minimum Gasteiger partial charge on any atom is -0.383 e. The lowest BCUT2D eigenvalue weighted by Crippen LogP contribution is -2.41. The lowest BCUT2D eigenvalue weighted by atomic mass is 9.96. The number of aryl methyl sites for hydroxylation is 1. The summed E-state index contributed by atoms with van der Waals surface area (Å²) in [5.41, 5.74) is 1.98. The van der Waals surface area contributed by atoms with Gasteiger partial charge in [-0.05, 0) is 45.0 Å². The second kappa shape index (κ2) is 9.61. The fourth-order valence-electron chi connectivity index (χ4n) is 3.30. The minimum absolute atomic E-state index is 0.0628. The molecule has 28 heavy (non-hydrogen) atoms. The normalized spacial score (nSPS) is 15.3. The number of anilines is 1. The highest BCUT2D eigenvalue weighted by molar-refractivity contribution is 7.09. The average molecular weight is 404 g/mol. The lowest BCUT2D eigenvalue weighted by Gasteiger charge is -2.30. The molecule has 1 saturated heterocycles. The van der Waals surface area contributed by atoms with E-state index in [1.165, 1.54) is 12.1 Å². The van der Waals surface area contributed by atoms with E-state index in [0.29, 0.717) is 13.1 Å². The van der Waals surface area contributed by atoms with Gasteiger partial charge >= 0.3 is 0 Å². The highest BCUT2D eigenvalue weighted by atomic mass is 32.1. The molecule has 1 aliphatic heterocycles. The molecule has 2 heterocycles. The van der Waals surface area contributed by atoms with Gasteiger partial charge in [-0.15, -0.1) is 11.3 Å². The number of nitro groups is 1. The zero-order valence-corrected chi connectivity index (χ0v) is 16.7. The van der Waals surface area contributed by atoms with Gasteiger partial charge < -0.3 is 10.6 Å². The number of rotatable bonds is 8. The van der Waals surface area contributed by atoms with Crippen LogP contribution in [0.15, 0.2) is 29.6 Å². The van der Waals surface area contributed by atoms with E-state index in [0.717, 1.165) is 48.9 Å². The zero-order chi connectivity index (χ0) is 19.9. The van der Waals surface area contributed by atoms with Crippen molar-refractivity contribution in [3.63, 3.8) is 0 Å². The van der Waals surface area contributed by atoms with Crippen LogP contribution in [-0.2, 0) is 11.3 Å². The van der Waals surface area contributed by atoms with Crippen LogP contribution in [-0.4, -0.2) is 46.9 Å². The van der Waals surface area contributed by atoms with Crippen molar-refractivity contribution in [3.8, 4) is 0 Å². The average Bonchev–Trinajstić information content (AvgIpc) is 3.10. The van der Waals surface area contributed by atoms with E-state index in [2.05, 4.69) is 25.9 Å². The Balaban J connectivity index is 1.32. The number of carbonyl (C=O) groups excluding carboxylic acids is 1. The molecule has 9 heteroatoms. The summed E-state index contributed by atoms with van der Waals surface area (Å²) in [7, 11) is 0. The van der Waals surface area contributed by atoms with Crippen LogP contribution in [0.3, 0.4) is 0 Å². The number of piperidine rings is 1. The SMILES string of the molecule is Cc1nc(CN2CCC(C(=O)NCCNc3ccc([N+](=O)[O-])cc3)CC2)cs1. The van der Waals surface area contributed by atoms with Gasteiger partial charge in [0, 0.05) is 48.8 Å². The van der Waals surface area contributed by atoms with E-state index in [-0.39, 0.29) is 17.5 Å². The number of carbonyl (C=O) groups is 1. The van der Waals surface area contributed by atoms with Crippen LogP contribution in [0.25, 0.3) is 0 Å². The number of hydrogen-bond acceptors (Lipinski definition) is 7. The van der Waals surface area contributed by atoms with Crippen molar-refractivity contribution in [3.05, 3.63) is 50.5 Å². The summed E-state index contributed by atoms with van der Waals surface area (Å²) < 4.78 is 0. The van der Waals surface area contributed by atoms with E-state index < -0.39 is 4.92 Å². The highest BCUT2D eigenvalue weighted by Gasteiger charge is 2.25. The Labute approximate surface area is 168 Å². The molecule has 0 aliphatic carbocycles. The third-order valence-corrected chi connectivity index (χ3v) is 5.66. The molecule has 0 unspecified atom stereocenters. The number of non-ortho nitro benzene ring substituents is 1. The summed E-state index contributed by atoms with van der Waals surface area (Å²) in [5.74, 6) is 0.169. The largest absolute Gasteiger partial charge is 0.383 e. The molecule has 0 saturated carbocycles. The summed E-state index contributed by atoms with van der Waals surface area (Å²) in [6.07, 6.45) is 1.73. The Morgan fingerprint density at radius 3 is 2.61 bits per heavy atom.